The summed E-state index contributed by atoms with van der Waals surface area (Å²) in [5.74, 6) is -0.194. The van der Waals surface area contributed by atoms with Crippen LogP contribution in [0, 0.1) is 5.41 Å². The summed E-state index contributed by atoms with van der Waals surface area (Å²) >= 11 is 0. The van der Waals surface area contributed by atoms with E-state index in [9.17, 15) is 4.79 Å². The number of rotatable bonds is 2. The standard InChI is InChI=1S/C15H19N5O/c1-15(2)6-11(10-8-18-20(3)13(10)7-15)19-14(21)12-9-16-4-5-17-12/h4-5,8-9,11H,6-7H2,1-3H3,(H,19,21). The number of hydrogen-bond acceptors (Lipinski definition) is 4. The Bertz CT molecular complexity index is 662. The predicted molar refractivity (Wildman–Crippen MR) is 77.5 cm³/mol. The van der Waals surface area contributed by atoms with Gasteiger partial charge in [0, 0.05) is 30.7 Å². The number of carbonyl (C=O) groups excluding carboxylic acids is 1. The first kappa shape index (κ1) is 13.7. The van der Waals surface area contributed by atoms with Crippen LogP contribution in [0.5, 0.6) is 0 Å². The first-order valence-electron chi connectivity index (χ1n) is 7.04. The zero-order valence-electron chi connectivity index (χ0n) is 12.5. The summed E-state index contributed by atoms with van der Waals surface area (Å²) in [5.41, 5.74) is 2.76. The Morgan fingerprint density at radius 2 is 2.19 bits per heavy atom. The Morgan fingerprint density at radius 1 is 1.38 bits per heavy atom. The molecule has 1 unspecified atom stereocenters. The van der Waals surface area contributed by atoms with Crippen LogP contribution < -0.4 is 5.32 Å². The molecule has 2 aromatic heterocycles. The second kappa shape index (κ2) is 4.95. The van der Waals surface area contributed by atoms with E-state index < -0.39 is 0 Å². The number of hydrogen-bond donors (Lipinski definition) is 1. The molecule has 0 aliphatic heterocycles. The average Bonchev–Trinajstić information content (AvgIpc) is 2.80. The van der Waals surface area contributed by atoms with Gasteiger partial charge in [-0.3, -0.25) is 14.5 Å². The van der Waals surface area contributed by atoms with Crippen LogP contribution in [0.3, 0.4) is 0 Å². The van der Waals surface area contributed by atoms with E-state index in [4.69, 9.17) is 0 Å². The van der Waals surface area contributed by atoms with E-state index in [1.165, 1.54) is 18.1 Å². The zero-order chi connectivity index (χ0) is 15.0. The molecule has 6 nitrogen and oxygen atoms in total. The molecule has 2 heterocycles. The van der Waals surface area contributed by atoms with Crippen LogP contribution in [0.15, 0.2) is 24.8 Å². The van der Waals surface area contributed by atoms with E-state index in [0.29, 0.717) is 5.69 Å². The minimum absolute atomic E-state index is 0.0352. The molecule has 0 saturated heterocycles. The normalized spacial score (nSPS) is 19.9. The maximum Gasteiger partial charge on any atom is 0.271 e. The molecule has 0 radical (unpaired) electrons. The van der Waals surface area contributed by atoms with Gasteiger partial charge >= 0.3 is 0 Å². The fourth-order valence-corrected chi connectivity index (χ4v) is 2.95. The second-order valence-corrected chi connectivity index (χ2v) is 6.33. The van der Waals surface area contributed by atoms with Gasteiger partial charge in [-0.1, -0.05) is 13.8 Å². The van der Waals surface area contributed by atoms with Crippen molar-refractivity contribution in [3.05, 3.63) is 41.7 Å². The van der Waals surface area contributed by atoms with Crippen molar-refractivity contribution in [3.63, 3.8) is 0 Å². The predicted octanol–water partition coefficient (Wildman–Crippen LogP) is 1.65. The molecule has 1 N–H and O–H groups in total. The molecule has 0 aromatic carbocycles. The molecule has 21 heavy (non-hydrogen) atoms. The molecule has 1 aliphatic carbocycles. The van der Waals surface area contributed by atoms with Crippen molar-refractivity contribution in [3.8, 4) is 0 Å². The van der Waals surface area contributed by atoms with Crippen molar-refractivity contribution >= 4 is 5.91 Å². The fourth-order valence-electron chi connectivity index (χ4n) is 2.95. The summed E-state index contributed by atoms with van der Waals surface area (Å²) in [7, 11) is 1.95. The molecule has 1 aliphatic rings. The Kier molecular flexibility index (Phi) is 3.23. The molecule has 3 rings (SSSR count). The number of nitrogens with one attached hydrogen (secondary N) is 1. The molecule has 110 valence electrons. The summed E-state index contributed by atoms with van der Waals surface area (Å²) in [6, 6.07) is -0.0352. The van der Waals surface area contributed by atoms with Gasteiger partial charge in [0.2, 0.25) is 0 Å². The minimum atomic E-state index is -0.194. The molecule has 0 fully saturated rings. The van der Waals surface area contributed by atoms with E-state index in [-0.39, 0.29) is 17.4 Å². The van der Waals surface area contributed by atoms with Crippen LogP contribution in [0.2, 0.25) is 0 Å². The van der Waals surface area contributed by atoms with Crippen molar-refractivity contribution in [2.75, 3.05) is 0 Å². The van der Waals surface area contributed by atoms with Crippen LogP contribution in [0.25, 0.3) is 0 Å². The quantitative estimate of drug-likeness (QED) is 0.910. The largest absolute Gasteiger partial charge is 0.344 e. The topological polar surface area (TPSA) is 72.7 Å². The number of carbonyl (C=O) groups is 1. The van der Waals surface area contributed by atoms with Crippen molar-refractivity contribution in [1.82, 2.24) is 25.1 Å². The van der Waals surface area contributed by atoms with Crippen LogP contribution in [-0.4, -0.2) is 25.7 Å². The van der Waals surface area contributed by atoms with Crippen LogP contribution in [-0.2, 0) is 13.5 Å². The van der Waals surface area contributed by atoms with Crippen LogP contribution >= 0.6 is 0 Å². The third-order valence-electron chi connectivity index (χ3n) is 3.97. The molecule has 0 saturated carbocycles. The van der Waals surface area contributed by atoms with E-state index in [1.807, 2.05) is 17.9 Å². The lowest BCUT2D eigenvalue weighted by molar-refractivity contribution is 0.0913. The summed E-state index contributed by atoms with van der Waals surface area (Å²) in [4.78, 5) is 20.3. The Morgan fingerprint density at radius 3 is 2.90 bits per heavy atom. The van der Waals surface area contributed by atoms with Gasteiger partial charge in [0.1, 0.15) is 5.69 Å². The van der Waals surface area contributed by atoms with E-state index in [0.717, 1.165) is 18.4 Å². The van der Waals surface area contributed by atoms with E-state index in [1.54, 1.807) is 6.20 Å². The monoisotopic (exact) mass is 285 g/mol. The van der Waals surface area contributed by atoms with E-state index >= 15 is 0 Å². The maximum atomic E-state index is 12.3. The van der Waals surface area contributed by atoms with Gasteiger partial charge in [0.25, 0.3) is 5.91 Å². The number of fused-ring (bicyclic) bond motifs is 1. The molecule has 0 bridgehead atoms. The summed E-state index contributed by atoms with van der Waals surface area (Å²) in [6.45, 7) is 4.43. The lowest BCUT2D eigenvalue weighted by Crippen LogP contribution is -2.37. The highest BCUT2D eigenvalue weighted by Crippen LogP contribution is 2.40. The van der Waals surface area contributed by atoms with Gasteiger partial charge in [-0.2, -0.15) is 5.10 Å². The number of aryl methyl sites for hydroxylation is 1. The SMILES string of the molecule is Cn1ncc2c1CC(C)(C)CC2NC(=O)c1cnccn1. The summed E-state index contributed by atoms with van der Waals surface area (Å²) in [6.07, 6.45) is 8.27. The Hall–Kier alpha value is -2.24. The maximum absolute atomic E-state index is 12.3. The van der Waals surface area contributed by atoms with Crippen molar-refractivity contribution in [1.29, 1.82) is 0 Å². The Balaban J connectivity index is 1.87. The highest BCUT2D eigenvalue weighted by atomic mass is 16.1. The van der Waals surface area contributed by atoms with Gasteiger partial charge in [-0.15, -0.1) is 0 Å². The molecule has 6 heteroatoms. The lowest BCUT2D eigenvalue weighted by atomic mass is 9.74. The summed E-state index contributed by atoms with van der Waals surface area (Å²) < 4.78 is 1.90. The highest BCUT2D eigenvalue weighted by Gasteiger charge is 2.35. The van der Waals surface area contributed by atoms with Gasteiger partial charge in [0.05, 0.1) is 18.4 Å². The average molecular weight is 285 g/mol. The lowest BCUT2D eigenvalue weighted by Gasteiger charge is -2.35. The van der Waals surface area contributed by atoms with Gasteiger partial charge in [0.15, 0.2) is 0 Å². The molecule has 1 atom stereocenters. The molecular weight excluding hydrogens is 266 g/mol. The van der Waals surface area contributed by atoms with Crippen molar-refractivity contribution in [2.24, 2.45) is 12.5 Å². The number of nitrogens with zero attached hydrogens (tertiary/aromatic N) is 4. The smallest absolute Gasteiger partial charge is 0.271 e. The first-order valence-corrected chi connectivity index (χ1v) is 7.04. The van der Waals surface area contributed by atoms with E-state index in [2.05, 4.69) is 34.2 Å². The number of amides is 1. The Labute approximate surface area is 123 Å². The molecule has 1 amide bonds. The van der Waals surface area contributed by atoms with Gasteiger partial charge in [-0.25, -0.2) is 4.98 Å². The third-order valence-corrected chi connectivity index (χ3v) is 3.97. The number of aromatic nitrogens is 4. The van der Waals surface area contributed by atoms with Gasteiger partial charge < -0.3 is 5.32 Å². The molecule has 0 spiro atoms. The highest BCUT2D eigenvalue weighted by molar-refractivity contribution is 5.92. The molecular formula is C15H19N5O. The van der Waals surface area contributed by atoms with Gasteiger partial charge in [-0.05, 0) is 18.3 Å². The van der Waals surface area contributed by atoms with Crippen LogP contribution in [0.1, 0.15) is 48.1 Å². The zero-order valence-corrected chi connectivity index (χ0v) is 12.5. The van der Waals surface area contributed by atoms with Crippen molar-refractivity contribution in [2.45, 2.75) is 32.7 Å². The fraction of sp³-hybridized carbons (Fsp3) is 0.467. The second-order valence-electron chi connectivity index (χ2n) is 6.33. The van der Waals surface area contributed by atoms with Crippen LogP contribution in [0.4, 0.5) is 0 Å². The minimum Gasteiger partial charge on any atom is -0.344 e. The first-order chi connectivity index (χ1) is 9.96. The molecule has 2 aromatic rings. The summed E-state index contributed by atoms with van der Waals surface area (Å²) in [5, 5.41) is 7.40. The van der Waals surface area contributed by atoms with Crippen molar-refractivity contribution < 1.29 is 4.79 Å². The third kappa shape index (κ3) is 2.66.